The molecule has 0 spiro atoms. The molecule has 402 valence electrons. The van der Waals surface area contributed by atoms with Crippen molar-refractivity contribution >= 4 is 11.9 Å². The zero-order valence-electron chi connectivity index (χ0n) is 46.2. The summed E-state index contributed by atoms with van der Waals surface area (Å²) in [6, 6.07) is 0. The summed E-state index contributed by atoms with van der Waals surface area (Å²) in [6.07, 6.45) is 76.5. The van der Waals surface area contributed by atoms with E-state index < -0.39 is 6.10 Å². The summed E-state index contributed by atoms with van der Waals surface area (Å²) in [5, 5.41) is 9.61. The van der Waals surface area contributed by atoms with E-state index in [1.54, 1.807) is 0 Å². The van der Waals surface area contributed by atoms with Gasteiger partial charge in [0.25, 0.3) is 0 Å². The average molecular weight is 958 g/mol. The maximum atomic E-state index is 12.2. The van der Waals surface area contributed by atoms with Crippen molar-refractivity contribution in [2.24, 2.45) is 0 Å². The molecule has 0 aliphatic heterocycles. The third-order valence-corrected chi connectivity index (χ3v) is 14.2. The van der Waals surface area contributed by atoms with Crippen molar-refractivity contribution in [2.75, 3.05) is 13.2 Å². The first-order valence-electron chi connectivity index (χ1n) is 30.9. The van der Waals surface area contributed by atoms with E-state index in [2.05, 4.69) is 38.2 Å². The summed E-state index contributed by atoms with van der Waals surface area (Å²) in [5.74, 6) is -0.592. The van der Waals surface area contributed by atoms with Crippen molar-refractivity contribution in [3.05, 3.63) is 24.3 Å². The zero-order valence-corrected chi connectivity index (χ0v) is 46.2. The van der Waals surface area contributed by atoms with Crippen molar-refractivity contribution in [3.63, 3.8) is 0 Å². The average Bonchev–Trinajstić information content (AvgIpc) is 3.34. The number of esters is 2. The van der Waals surface area contributed by atoms with Crippen LogP contribution in [0, 0.1) is 0 Å². The van der Waals surface area contributed by atoms with Crippen molar-refractivity contribution in [1.82, 2.24) is 0 Å². The predicted octanol–water partition coefficient (Wildman–Crippen LogP) is 20.9. The minimum absolute atomic E-state index is 0.0667. The molecule has 0 bridgehead atoms. The van der Waals surface area contributed by atoms with Gasteiger partial charge in [-0.05, 0) is 38.5 Å². The zero-order chi connectivity index (χ0) is 49.2. The molecular formula is C63H120O5. The van der Waals surface area contributed by atoms with Crippen molar-refractivity contribution in [2.45, 2.75) is 354 Å². The smallest absolute Gasteiger partial charge is 0.306 e. The minimum Gasteiger partial charge on any atom is -0.462 e. The van der Waals surface area contributed by atoms with E-state index in [-0.39, 0.29) is 25.2 Å². The van der Waals surface area contributed by atoms with Crippen LogP contribution >= 0.6 is 0 Å². The highest BCUT2D eigenvalue weighted by molar-refractivity contribution is 5.70. The lowest BCUT2D eigenvalue weighted by Gasteiger charge is -2.15. The molecule has 1 atom stereocenters. The van der Waals surface area contributed by atoms with Gasteiger partial charge in [0, 0.05) is 12.8 Å². The molecule has 0 heterocycles. The fourth-order valence-electron chi connectivity index (χ4n) is 9.60. The molecule has 0 saturated heterocycles. The molecule has 0 rings (SSSR count). The van der Waals surface area contributed by atoms with Crippen molar-refractivity contribution < 1.29 is 24.2 Å². The third-order valence-electron chi connectivity index (χ3n) is 14.2. The lowest BCUT2D eigenvalue weighted by atomic mass is 10.0. The number of aliphatic hydroxyl groups excluding tert-OH is 1. The van der Waals surface area contributed by atoms with E-state index in [4.69, 9.17) is 9.47 Å². The van der Waals surface area contributed by atoms with Crippen molar-refractivity contribution in [1.29, 1.82) is 0 Å². The molecule has 0 aromatic heterocycles. The van der Waals surface area contributed by atoms with Gasteiger partial charge < -0.3 is 14.6 Å². The number of carbonyl (C=O) groups is 2. The predicted molar refractivity (Wildman–Crippen MR) is 298 cm³/mol. The van der Waals surface area contributed by atoms with E-state index >= 15 is 0 Å². The van der Waals surface area contributed by atoms with E-state index in [0.29, 0.717) is 12.8 Å². The van der Waals surface area contributed by atoms with Crippen LogP contribution < -0.4 is 0 Å². The Morgan fingerprint density at radius 1 is 0.338 bits per heavy atom. The quantitative estimate of drug-likeness (QED) is 0.0374. The number of hydrogen-bond donors (Lipinski definition) is 1. The fourth-order valence-corrected chi connectivity index (χ4v) is 9.60. The summed E-state index contributed by atoms with van der Waals surface area (Å²) >= 11 is 0. The molecule has 0 aromatic rings. The summed E-state index contributed by atoms with van der Waals surface area (Å²) in [5.41, 5.74) is 0. The lowest BCUT2D eigenvalue weighted by Crippen LogP contribution is -2.28. The number of hydrogen-bond acceptors (Lipinski definition) is 5. The first-order chi connectivity index (χ1) is 33.6. The van der Waals surface area contributed by atoms with E-state index in [0.717, 1.165) is 57.8 Å². The number of unbranched alkanes of at least 4 members (excludes halogenated alkanes) is 46. The Bertz CT molecular complexity index is 1040. The van der Waals surface area contributed by atoms with Crippen LogP contribution in [0.3, 0.4) is 0 Å². The van der Waals surface area contributed by atoms with E-state index in [9.17, 15) is 14.7 Å². The van der Waals surface area contributed by atoms with Crippen LogP contribution in [-0.2, 0) is 19.1 Å². The van der Waals surface area contributed by atoms with E-state index in [1.807, 2.05) is 0 Å². The van der Waals surface area contributed by atoms with Crippen LogP contribution in [0.1, 0.15) is 348 Å². The topological polar surface area (TPSA) is 72.8 Å². The monoisotopic (exact) mass is 957 g/mol. The molecule has 68 heavy (non-hydrogen) atoms. The maximum Gasteiger partial charge on any atom is 0.306 e. The summed E-state index contributed by atoms with van der Waals surface area (Å²) in [7, 11) is 0. The third kappa shape index (κ3) is 57.0. The van der Waals surface area contributed by atoms with Crippen LogP contribution in [0.2, 0.25) is 0 Å². The Kier molecular flexibility index (Phi) is 58.3. The second kappa shape index (κ2) is 59.7. The number of aliphatic hydroxyl groups is 1. The fraction of sp³-hybridized carbons (Fsp3) is 0.905. The highest BCUT2D eigenvalue weighted by atomic mass is 16.6. The largest absolute Gasteiger partial charge is 0.462 e. The number of carbonyl (C=O) groups excluding carboxylic acids is 2. The standard InChI is InChI=1S/C63H120O5/c1-3-5-7-9-11-13-15-17-18-19-20-21-22-23-24-25-26-27-28-29-30-31-32-33-34-35-36-37-38-39-40-41-42-43-44-46-47-49-51-53-55-57-62(65)67-60-61(59-64)68-63(66)58-56-54-52-50-48-45-16-14-12-10-8-6-4-2/h8,10,14,16,61,64H,3-7,9,11-13,15,17-60H2,1-2H3/b10-8-,16-14-. The molecule has 0 aromatic carbocycles. The van der Waals surface area contributed by atoms with Crippen LogP contribution in [-0.4, -0.2) is 36.4 Å². The molecule has 1 unspecified atom stereocenters. The molecule has 0 radical (unpaired) electrons. The minimum atomic E-state index is -0.775. The van der Waals surface area contributed by atoms with Gasteiger partial charge in [0.2, 0.25) is 0 Å². The SMILES string of the molecule is CCC/C=C\C/C=C\CCCCCCCC(=O)OC(CO)COC(=O)CCCCCCCCCCCCCCCCCCCCCCCCCCCCCCCCCCCCCCCCCCC. The first-order valence-corrected chi connectivity index (χ1v) is 30.9. The Morgan fingerprint density at radius 2 is 0.618 bits per heavy atom. The second-order valence-electron chi connectivity index (χ2n) is 21.1. The molecular weight excluding hydrogens is 837 g/mol. The molecule has 0 saturated carbocycles. The number of ether oxygens (including phenoxy) is 2. The Labute approximate surface area is 425 Å². The second-order valence-corrected chi connectivity index (χ2v) is 21.1. The molecule has 5 nitrogen and oxygen atoms in total. The van der Waals surface area contributed by atoms with Gasteiger partial charge in [0.1, 0.15) is 6.61 Å². The molecule has 5 heteroatoms. The van der Waals surface area contributed by atoms with Gasteiger partial charge >= 0.3 is 11.9 Å². The van der Waals surface area contributed by atoms with Gasteiger partial charge in [-0.2, -0.15) is 0 Å². The van der Waals surface area contributed by atoms with Crippen LogP contribution in [0.15, 0.2) is 24.3 Å². The molecule has 0 aliphatic carbocycles. The number of rotatable bonds is 58. The summed E-state index contributed by atoms with van der Waals surface area (Å²) in [4.78, 5) is 24.4. The molecule has 0 amide bonds. The van der Waals surface area contributed by atoms with E-state index in [1.165, 1.54) is 263 Å². The Morgan fingerprint density at radius 3 is 0.926 bits per heavy atom. The molecule has 1 N–H and O–H groups in total. The first kappa shape index (κ1) is 66.4. The van der Waals surface area contributed by atoms with Gasteiger partial charge in [0.05, 0.1) is 6.61 Å². The summed E-state index contributed by atoms with van der Waals surface area (Å²) in [6.45, 7) is 4.10. The van der Waals surface area contributed by atoms with Crippen molar-refractivity contribution in [3.8, 4) is 0 Å². The van der Waals surface area contributed by atoms with Gasteiger partial charge in [-0.1, -0.05) is 321 Å². The molecule has 0 fully saturated rings. The summed E-state index contributed by atoms with van der Waals surface area (Å²) < 4.78 is 10.7. The highest BCUT2D eigenvalue weighted by Crippen LogP contribution is 2.19. The van der Waals surface area contributed by atoms with Gasteiger partial charge in [-0.15, -0.1) is 0 Å². The Balaban J connectivity index is 3.31. The van der Waals surface area contributed by atoms with Crippen LogP contribution in [0.25, 0.3) is 0 Å². The lowest BCUT2D eigenvalue weighted by molar-refractivity contribution is -0.161. The normalized spacial score (nSPS) is 12.2. The number of allylic oxidation sites excluding steroid dienone is 4. The van der Waals surface area contributed by atoms with Crippen LogP contribution in [0.5, 0.6) is 0 Å². The van der Waals surface area contributed by atoms with Crippen LogP contribution in [0.4, 0.5) is 0 Å². The van der Waals surface area contributed by atoms with Gasteiger partial charge in [0.15, 0.2) is 6.10 Å². The Hall–Kier alpha value is -1.62. The van der Waals surface area contributed by atoms with Gasteiger partial charge in [-0.25, -0.2) is 0 Å². The highest BCUT2D eigenvalue weighted by Gasteiger charge is 2.16. The van der Waals surface area contributed by atoms with Gasteiger partial charge in [-0.3, -0.25) is 9.59 Å². The maximum absolute atomic E-state index is 12.2. The molecule has 0 aliphatic rings.